The van der Waals surface area contributed by atoms with Crippen molar-refractivity contribution in [2.45, 2.75) is 20.8 Å². The van der Waals surface area contributed by atoms with Gasteiger partial charge in [-0.2, -0.15) is 0 Å². The molecule has 4 heteroatoms. The van der Waals surface area contributed by atoms with E-state index in [4.69, 9.17) is 0 Å². The summed E-state index contributed by atoms with van der Waals surface area (Å²) in [4.78, 5) is 9.08. The van der Waals surface area contributed by atoms with Crippen molar-refractivity contribution in [2.75, 3.05) is 0 Å². The molecule has 0 spiro atoms. The van der Waals surface area contributed by atoms with E-state index in [0.717, 1.165) is 32.3 Å². The number of nitrogens with zero attached hydrogens (tertiary/aromatic N) is 3. The summed E-state index contributed by atoms with van der Waals surface area (Å²) in [5.41, 5.74) is 7.77. The number of fused-ring (bicyclic) bond motifs is 1. The third kappa shape index (κ3) is 3.45. The highest BCUT2D eigenvalue weighted by atomic mass is 79.9. The number of aromatic nitrogens is 2. The first-order valence-electron chi connectivity index (χ1n) is 8.87. The van der Waals surface area contributed by atoms with Gasteiger partial charge in [-0.15, -0.1) is 0 Å². The Morgan fingerprint density at radius 1 is 1.00 bits per heavy atom. The van der Waals surface area contributed by atoms with E-state index in [1.165, 1.54) is 17.0 Å². The van der Waals surface area contributed by atoms with Crippen LogP contribution in [0.5, 0.6) is 0 Å². The Bertz CT molecular complexity index is 1170. The van der Waals surface area contributed by atoms with Crippen LogP contribution in [0, 0.1) is 20.8 Å². The van der Waals surface area contributed by atoms with Crippen molar-refractivity contribution < 1.29 is 0 Å². The summed E-state index contributed by atoms with van der Waals surface area (Å²) >= 11 is 3.53. The molecule has 0 N–H and O–H groups in total. The lowest BCUT2D eigenvalue weighted by Crippen LogP contribution is -1.99. The van der Waals surface area contributed by atoms with Crippen LogP contribution in [-0.4, -0.2) is 15.8 Å². The molecule has 2 aromatic carbocycles. The highest BCUT2D eigenvalue weighted by molar-refractivity contribution is 9.10. The topological polar surface area (TPSA) is 30.2 Å². The Hall–Kier alpha value is -2.72. The molecule has 0 saturated heterocycles. The van der Waals surface area contributed by atoms with Crippen molar-refractivity contribution >= 4 is 38.7 Å². The Morgan fingerprint density at radius 3 is 2.67 bits per heavy atom. The minimum atomic E-state index is 0.956. The summed E-state index contributed by atoms with van der Waals surface area (Å²) in [6.07, 6.45) is 3.77. The molecular weight excluding hydrogens is 398 g/mol. The Morgan fingerprint density at radius 2 is 1.85 bits per heavy atom. The largest absolute Gasteiger partial charge is 0.318 e. The zero-order valence-electron chi connectivity index (χ0n) is 15.6. The molecule has 0 bridgehead atoms. The van der Waals surface area contributed by atoms with Crippen LogP contribution in [-0.2, 0) is 0 Å². The molecule has 4 aromatic rings. The molecule has 0 saturated carbocycles. The highest BCUT2D eigenvalue weighted by Crippen LogP contribution is 2.25. The molecule has 0 amide bonds. The van der Waals surface area contributed by atoms with E-state index < -0.39 is 0 Å². The third-order valence-electron chi connectivity index (χ3n) is 4.81. The first-order valence-corrected chi connectivity index (χ1v) is 9.66. The normalized spacial score (nSPS) is 11.6. The van der Waals surface area contributed by atoms with Gasteiger partial charge in [-0.05, 0) is 74.9 Å². The average molecular weight is 418 g/mol. The molecule has 2 heterocycles. The molecule has 0 aliphatic rings. The second kappa shape index (κ2) is 7.12. The molecule has 0 unspecified atom stereocenters. The summed E-state index contributed by atoms with van der Waals surface area (Å²) in [5.74, 6) is 0. The Labute approximate surface area is 167 Å². The average Bonchev–Trinajstić information content (AvgIpc) is 2.96. The van der Waals surface area contributed by atoms with E-state index in [0.29, 0.717) is 0 Å². The molecule has 2 aromatic heterocycles. The van der Waals surface area contributed by atoms with Gasteiger partial charge < -0.3 is 4.57 Å². The van der Waals surface area contributed by atoms with Gasteiger partial charge in [0.1, 0.15) is 0 Å². The highest BCUT2D eigenvalue weighted by Gasteiger charge is 2.10. The fourth-order valence-corrected chi connectivity index (χ4v) is 3.62. The van der Waals surface area contributed by atoms with Gasteiger partial charge in [0.25, 0.3) is 0 Å². The molecule has 0 fully saturated rings. The molecule has 0 aliphatic heterocycles. The zero-order chi connectivity index (χ0) is 19.0. The maximum Gasteiger partial charge on any atom is 0.0703 e. The lowest BCUT2D eigenvalue weighted by atomic mass is 10.2. The van der Waals surface area contributed by atoms with Crippen LogP contribution in [0.2, 0.25) is 0 Å². The van der Waals surface area contributed by atoms with E-state index in [1.807, 2.05) is 30.6 Å². The molecule has 0 atom stereocenters. The van der Waals surface area contributed by atoms with Gasteiger partial charge in [0.2, 0.25) is 0 Å². The van der Waals surface area contributed by atoms with Crippen LogP contribution < -0.4 is 0 Å². The minimum Gasteiger partial charge on any atom is -0.318 e. The number of benzene rings is 2. The molecule has 27 heavy (non-hydrogen) atoms. The molecule has 3 nitrogen and oxygen atoms in total. The van der Waals surface area contributed by atoms with Gasteiger partial charge in [-0.25, -0.2) is 0 Å². The van der Waals surface area contributed by atoms with Crippen LogP contribution in [0.25, 0.3) is 16.6 Å². The lowest BCUT2D eigenvalue weighted by Gasteiger charge is -2.10. The zero-order valence-corrected chi connectivity index (χ0v) is 17.2. The fraction of sp³-hybridized carbons (Fsp3) is 0.130. The van der Waals surface area contributed by atoms with Crippen molar-refractivity contribution in [3.8, 4) is 5.69 Å². The third-order valence-corrected chi connectivity index (χ3v) is 5.70. The van der Waals surface area contributed by atoms with Crippen molar-refractivity contribution in [1.82, 2.24) is 9.55 Å². The number of halogens is 1. The lowest BCUT2D eigenvalue weighted by molar-refractivity contribution is 0.967. The number of aliphatic imine (C=N–C) groups is 1. The number of aryl methyl sites for hydroxylation is 2. The van der Waals surface area contributed by atoms with Crippen LogP contribution in [0.15, 0.2) is 70.3 Å². The summed E-state index contributed by atoms with van der Waals surface area (Å²) in [6, 6.07) is 18.8. The van der Waals surface area contributed by atoms with Gasteiger partial charge in [0, 0.05) is 44.9 Å². The predicted molar refractivity (Wildman–Crippen MR) is 117 cm³/mol. The molecule has 0 aliphatic carbocycles. The summed E-state index contributed by atoms with van der Waals surface area (Å²) < 4.78 is 3.37. The van der Waals surface area contributed by atoms with E-state index in [2.05, 4.69) is 87.6 Å². The van der Waals surface area contributed by atoms with Crippen molar-refractivity contribution in [1.29, 1.82) is 0 Å². The van der Waals surface area contributed by atoms with Crippen molar-refractivity contribution in [3.63, 3.8) is 0 Å². The summed E-state index contributed by atoms with van der Waals surface area (Å²) in [7, 11) is 0. The Kier molecular flexibility index (Phi) is 4.66. The quantitative estimate of drug-likeness (QED) is 0.351. The minimum absolute atomic E-state index is 0.956. The van der Waals surface area contributed by atoms with Crippen LogP contribution in [0.4, 0.5) is 5.69 Å². The fourth-order valence-electron chi connectivity index (χ4n) is 3.37. The summed E-state index contributed by atoms with van der Waals surface area (Å²) in [5, 5.41) is 1.14. The SMILES string of the molecule is Cc1cc(N=Cc2cc(C)n(-c3ccc4ncccc4c3)c2C)ccc1Br. The van der Waals surface area contributed by atoms with E-state index in [9.17, 15) is 0 Å². The van der Waals surface area contributed by atoms with Gasteiger partial charge in [0.05, 0.1) is 11.2 Å². The maximum atomic E-state index is 4.67. The molecule has 134 valence electrons. The Balaban J connectivity index is 1.72. The second-order valence-corrected chi connectivity index (χ2v) is 7.59. The van der Waals surface area contributed by atoms with E-state index in [-0.39, 0.29) is 0 Å². The van der Waals surface area contributed by atoms with Gasteiger partial charge in [0.15, 0.2) is 0 Å². The molecule has 0 radical (unpaired) electrons. The van der Waals surface area contributed by atoms with E-state index in [1.54, 1.807) is 0 Å². The monoisotopic (exact) mass is 417 g/mol. The van der Waals surface area contributed by atoms with Gasteiger partial charge in [-0.3, -0.25) is 9.98 Å². The van der Waals surface area contributed by atoms with Crippen LogP contribution in [0.1, 0.15) is 22.5 Å². The van der Waals surface area contributed by atoms with Crippen molar-refractivity contribution in [3.05, 3.63) is 87.8 Å². The number of pyridine rings is 1. The van der Waals surface area contributed by atoms with Crippen LogP contribution in [0.3, 0.4) is 0 Å². The smallest absolute Gasteiger partial charge is 0.0703 e. The molecular formula is C23H20BrN3. The maximum absolute atomic E-state index is 4.67. The number of rotatable bonds is 3. The first kappa shape index (κ1) is 17.7. The predicted octanol–water partition coefficient (Wildman–Crippen LogP) is 6.46. The number of hydrogen-bond donors (Lipinski definition) is 0. The molecule has 4 rings (SSSR count). The van der Waals surface area contributed by atoms with Crippen molar-refractivity contribution in [2.24, 2.45) is 4.99 Å². The summed E-state index contributed by atoms with van der Waals surface area (Å²) in [6.45, 7) is 6.33. The van der Waals surface area contributed by atoms with Crippen LogP contribution >= 0.6 is 15.9 Å². The standard InChI is InChI=1S/C23H20BrN3/c1-15-11-20(6-8-22(15)24)26-14-19-12-16(2)27(17(19)3)21-7-9-23-18(13-21)5-4-10-25-23/h4-14H,1-3H3. The van der Waals surface area contributed by atoms with E-state index >= 15 is 0 Å². The van der Waals surface area contributed by atoms with Gasteiger partial charge >= 0.3 is 0 Å². The first-order chi connectivity index (χ1) is 13.0. The van der Waals surface area contributed by atoms with Gasteiger partial charge in [-0.1, -0.05) is 22.0 Å². The number of hydrogen-bond acceptors (Lipinski definition) is 2. The second-order valence-electron chi connectivity index (χ2n) is 6.73.